The molecule has 0 rings (SSSR count). The molecule has 0 aromatic carbocycles. The Morgan fingerprint density at radius 2 is 2.15 bits per heavy atom. The van der Waals surface area contributed by atoms with Crippen LogP contribution in [0.25, 0.3) is 0 Å². The number of ketones is 1. The molecule has 0 spiro atoms. The summed E-state index contributed by atoms with van der Waals surface area (Å²) in [5, 5.41) is 0. The average Bonchev–Trinajstić information content (AvgIpc) is 2.09. The number of hydrogen-bond acceptors (Lipinski definition) is 2. The van der Waals surface area contributed by atoms with Gasteiger partial charge in [-0.1, -0.05) is 19.4 Å². The zero-order valence-corrected chi connectivity index (χ0v) is 8.84. The lowest BCUT2D eigenvalue weighted by Gasteiger charge is -1.96. The first-order valence-electron chi connectivity index (χ1n) is 4.87. The van der Waals surface area contributed by atoms with Crippen LogP contribution in [0.3, 0.4) is 0 Å². The van der Waals surface area contributed by atoms with E-state index in [1.807, 2.05) is 19.2 Å². The normalized spacial score (nSPS) is 12.4. The molecule has 0 heterocycles. The van der Waals surface area contributed by atoms with E-state index in [1.165, 1.54) is 12.8 Å². The number of carbonyl (C=O) groups excluding carboxylic acids is 1. The molecule has 0 saturated heterocycles. The van der Waals surface area contributed by atoms with E-state index in [4.69, 9.17) is 0 Å². The molecule has 0 atom stereocenters. The van der Waals surface area contributed by atoms with Crippen LogP contribution >= 0.6 is 0 Å². The Hall–Kier alpha value is -0.920. The monoisotopic (exact) mass is 181 g/mol. The average molecular weight is 181 g/mol. The number of Topliss-reactive ketones (excluding diaryl/α,β-unsaturated/α-hetero) is 1. The van der Waals surface area contributed by atoms with E-state index in [0.717, 1.165) is 12.1 Å². The molecule has 0 aliphatic carbocycles. The van der Waals surface area contributed by atoms with Crippen LogP contribution in [-0.2, 0) is 4.79 Å². The lowest BCUT2D eigenvalue weighted by atomic mass is 10.2. The van der Waals surface area contributed by atoms with Gasteiger partial charge >= 0.3 is 0 Å². The summed E-state index contributed by atoms with van der Waals surface area (Å²) in [7, 11) is 0. The molecule has 13 heavy (non-hydrogen) atoms. The van der Waals surface area contributed by atoms with Gasteiger partial charge in [0.15, 0.2) is 0 Å². The molecular weight excluding hydrogens is 162 g/mol. The number of rotatable bonds is 6. The molecule has 0 aromatic heterocycles. The Morgan fingerprint density at radius 1 is 1.46 bits per heavy atom. The van der Waals surface area contributed by atoms with E-state index in [-0.39, 0.29) is 5.78 Å². The lowest BCUT2D eigenvalue weighted by Crippen LogP contribution is -1.91. The van der Waals surface area contributed by atoms with Crippen molar-refractivity contribution in [3.63, 3.8) is 0 Å². The van der Waals surface area contributed by atoms with Gasteiger partial charge < -0.3 is 0 Å². The van der Waals surface area contributed by atoms with Crippen LogP contribution in [0.4, 0.5) is 0 Å². The zero-order valence-electron chi connectivity index (χ0n) is 8.84. The quantitative estimate of drug-likeness (QED) is 0.457. The highest BCUT2D eigenvalue weighted by Gasteiger charge is 1.96. The van der Waals surface area contributed by atoms with E-state index in [0.29, 0.717) is 6.42 Å². The summed E-state index contributed by atoms with van der Waals surface area (Å²) in [6.45, 7) is 5.65. The third-order valence-corrected chi connectivity index (χ3v) is 1.71. The van der Waals surface area contributed by atoms with Crippen molar-refractivity contribution in [3.8, 4) is 0 Å². The SMILES string of the molecule is C/C=C(CC(C)=O)\N=C/CCCC. The molecule has 0 amide bonds. The smallest absolute Gasteiger partial charge is 0.135 e. The minimum Gasteiger partial charge on any atom is -0.300 e. The second-order valence-electron chi connectivity index (χ2n) is 3.11. The van der Waals surface area contributed by atoms with Crippen LogP contribution < -0.4 is 0 Å². The topological polar surface area (TPSA) is 29.4 Å². The number of allylic oxidation sites excluding steroid dienone is 2. The van der Waals surface area contributed by atoms with Crippen LogP contribution in [-0.4, -0.2) is 12.0 Å². The van der Waals surface area contributed by atoms with Gasteiger partial charge in [0, 0.05) is 18.3 Å². The highest BCUT2D eigenvalue weighted by molar-refractivity contribution is 5.78. The molecule has 0 N–H and O–H groups in total. The van der Waals surface area contributed by atoms with Gasteiger partial charge in [-0.25, -0.2) is 0 Å². The number of unbranched alkanes of at least 4 members (excludes halogenated alkanes) is 2. The second kappa shape index (κ2) is 7.71. The summed E-state index contributed by atoms with van der Waals surface area (Å²) in [6.07, 6.45) is 7.61. The molecule has 2 heteroatoms. The molecule has 0 aromatic rings. The first-order valence-corrected chi connectivity index (χ1v) is 4.87. The molecule has 0 aliphatic heterocycles. The minimum absolute atomic E-state index is 0.167. The van der Waals surface area contributed by atoms with Crippen molar-refractivity contribution in [3.05, 3.63) is 11.8 Å². The molecule has 74 valence electrons. The van der Waals surface area contributed by atoms with Gasteiger partial charge in [-0.2, -0.15) is 0 Å². The van der Waals surface area contributed by atoms with Crippen molar-refractivity contribution in [1.82, 2.24) is 0 Å². The number of hydrogen-bond donors (Lipinski definition) is 0. The largest absolute Gasteiger partial charge is 0.300 e. The number of aliphatic imine (C=N–C) groups is 1. The van der Waals surface area contributed by atoms with Crippen LogP contribution in [0.5, 0.6) is 0 Å². The molecule has 0 bridgehead atoms. The fourth-order valence-corrected chi connectivity index (χ4v) is 0.955. The Morgan fingerprint density at radius 3 is 2.62 bits per heavy atom. The molecule has 0 fully saturated rings. The predicted octanol–water partition coefficient (Wildman–Crippen LogP) is 3.13. The Bertz CT molecular complexity index is 204. The van der Waals surface area contributed by atoms with Crippen LogP contribution in [0.2, 0.25) is 0 Å². The molecule has 0 radical (unpaired) electrons. The Balaban J connectivity index is 3.85. The van der Waals surface area contributed by atoms with Crippen molar-refractivity contribution in [2.24, 2.45) is 4.99 Å². The number of carbonyl (C=O) groups is 1. The first kappa shape index (κ1) is 12.1. The van der Waals surface area contributed by atoms with Crippen molar-refractivity contribution in [2.75, 3.05) is 0 Å². The fraction of sp³-hybridized carbons (Fsp3) is 0.636. The Kier molecular flexibility index (Phi) is 7.17. The van der Waals surface area contributed by atoms with E-state index in [1.54, 1.807) is 6.92 Å². The molecule has 0 aliphatic rings. The summed E-state index contributed by atoms with van der Waals surface area (Å²) in [5.74, 6) is 0.167. The standard InChI is InChI=1S/C11H19NO/c1-4-6-7-8-12-11(5-2)9-10(3)13/h5,8H,4,6-7,9H2,1-3H3/b11-5-,12-8-. The van der Waals surface area contributed by atoms with Gasteiger partial charge in [0.2, 0.25) is 0 Å². The molecule has 2 nitrogen and oxygen atoms in total. The van der Waals surface area contributed by atoms with Crippen molar-refractivity contribution >= 4 is 12.0 Å². The van der Waals surface area contributed by atoms with Gasteiger partial charge in [0.1, 0.15) is 5.78 Å². The summed E-state index contributed by atoms with van der Waals surface area (Å²) >= 11 is 0. The van der Waals surface area contributed by atoms with Gasteiger partial charge in [0.25, 0.3) is 0 Å². The summed E-state index contributed by atoms with van der Waals surface area (Å²) < 4.78 is 0. The van der Waals surface area contributed by atoms with E-state index >= 15 is 0 Å². The zero-order chi connectivity index (χ0) is 10.1. The van der Waals surface area contributed by atoms with Crippen LogP contribution in [0, 0.1) is 0 Å². The molecular formula is C11H19NO. The van der Waals surface area contributed by atoms with Gasteiger partial charge in [0.05, 0.1) is 0 Å². The maximum absolute atomic E-state index is 10.8. The summed E-state index contributed by atoms with van der Waals surface area (Å²) in [5.41, 5.74) is 0.878. The molecule has 0 unspecified atom stereocenters. The van der Waals surface area contributed by atoms with Gasteiger partial charge in [-0.05, 0) is 26.7 Å². The van der Waals surface area contributed by atoms with Crippen LogP contribution in [0.15, 0.2) is 16.8 Å². The predicted molar refractivity (Wildman–Crippen MR) is 57.1 cm³/mol. The highest BCUT2D eigenvalue weighted by atomic mass is 16.1. The maximum atomic E-state index is 10.8. The maximum Gasteiger partial charge on any atom is 0.135 e. The fourth-order valence-electron chi connectivity index (χ4n) is 0.955. The van der Waals surface area contributed by atoms with Crippen molar-refractivity contribution < 1.29 is 4.79 Å². The third kappa shape index (κ3) is 7.44. The number of nitrogens with zero attached hydrogens (tertiary/aromatic N) is 1. The van der Waals surface area contributed by atoms with Gasteiger partial charge in [-0.3, -0.25) is 9.79 Å². The van der Waals surface area contributed by atoms with E-state index in [9.17, 15) is 4.79 Å². The summed E-state index contributed by atoms with van der Waals surface area (Å²) in [4.78, 5) is 15.0. The van der Waals surface area contributed by atoms with Crippen molar-refractivity contribution in [2.45, 2.75) is 46.5 Å². The minimum atomic E-state index is 0.167. The lowest BCUT2D eigenvalue weighted by molar-refractivity contribution is -0.116. The highest BCUT2D eigenvalue weighted by Crippen LogP contribution is 2.03. The second-order valence-corrected chi connectivity index (χ2v) is 3.11. The van der Waals surface area contributed by atoms with E-state index < -0.39 is 0 Å². The van der Waals surface area contributed by atoms with Gasteiger partial charge in [-0.15, -0.1) is 0 Å². The van der Waals surface area contributed by atoms with Crippen molar-refractivity contribution in [1.29, 1.82) is 0 Å². The Labute approximate surface area is 80.8 Å². The summed E-state index contributed by atoms with van der Waals surface area (Å²) in [6, 6.07) is 0. The third-order valence-electron chi connectivity index (χ3n) is 1.71. The molecule has 0 saturated carbocycles. The van der Waals surface area contributed by atoms with E-state index in [2.05, 4.69) is 11.9 Å². The van der Waals surface area contributed by atoms with Crippen LogP contribution in [0.1, 0.15) is 46.5 Å². The first-order chi connectivity index (χ1) is 6.20.